The van der Waals surface area contributed by atoms with Gasteiger partial charge in [0.2, 0.25) is 0 Å². The second-order valence-electron chi connectivity index (χ2n) is 6.50. The molecule has 0 unspecified atom stereocenters. The van der Waals surface area contributed by atoms with E-state index < -0.39 is 0 Å². The van der Waals surface area contributed by atoms with Crippen molar-refractivity contribution in [1.82, 2.24) is 19.5 Å². The van der Waals surface area contributed by atoms with Crippen LogP contribution in [0.2, 0.25) is 5.15 Å². The lowest BCUT2D eigenvalue weighted by molar-refractivity contribution is 0.530. The minimum atomic E-state index is -0.125. The molecular weight excluding hydrogens is 286 g/mol. The van der Waals surface area contributed by atoms with Gasteiger partial charge < -0.3 is 9.47 Å². The van der Waals surface area contributed by atoms with Crippen LogP contribution in [0.1, 0.15) is 38.0 Å². The maximum atomic E-state index is 6.32. The van der Waals surface area contributed by atoms with Crippen LogP contribution in [0.4, 0.5) is 5.82 Å². The number of nitrogens with zero attached hydrogens (tertiary/aromatic N) is 5. The summed E-state index contributed by atoms with van der Waals surface area (Å²) < 4.78 is 2.18. The highest BCUT2D eigenvalue weighted by Crippen LogP contribution is 2.29. The fraction of sp³-hybridized carbons (Fsp3) is 0.533. The van der Waals surface area contributed by atoms with Crippen LogP contribution in [0.5, 0.6) is 0 Å². The van der Waals surface area contributed by atoms with Crippen molar-refractivity contribution in [2.45, 2.75) is 46.2 Å². The third-order valence-corrected chi connectivity index (χ3v) is 4.14. The van der Waals surface area contributed by atoms with E-state index in [4.69, 9.17) is 16.6 Å². The molecule has 3 heterocycles. The topological polar surface area (TPSA) is 46.8 Å². The summed E-state index contributed by atoms with van der Waals surface area (Å²) in [6.07, 6.45) is 3.87. The Bertz CT molecular complexity index is 671. The summed E-state index contributed by atoms with van der Waals surface area (Å²) >= 11 is 6.32. The molecule has 3 rings (SSSR count). The van der Waals surface area contributed by atoms with Crippen LogP contribution in [0.3, 0.4) is 0 Å². The Morgan fingerprint density at radius 1 is 1.19 bits per heavy atom. The molecule has 112 valence electrons. The third kappa shape index (κ3) is 2.62. The molecule has 0 N–H and O–H groups in total. The summed E-state index contributed by atoms with van der Waals surface area (Å²) in [7, 11) is 0. The molecule has 6 heteroatoms. The lowest BCUT2D eigenvalue weighted by Gasteiger charge is -2.31. The van der Waals surface area contributed by atoms with Gasteiger partial charge in [-0.3, -0.25) is 0 Å². The zero-order chi connectivity index (χ0) is 15.2. The van der Waals surface area contributed by atoms with Crippen molar-refractivity contribution in [2.24, 2.45) is 0 Å². The molecule has 0 radical (unpaired) electrons. The molecule has 0 saturated heterocycles. The number of anilines is 1. The fourth-order valence-corrected chi connectivity index (χ4v) is 2.64. The van der Waals surface area contributed by atoms with E-state index in [-0.39, 0.29) is 5.41 Å². The molecule has 1 aliphatic rings. The van der Waals surface area contributed by atoms with Crippen LogP contribution in [-0.2, 0) is 18.5 Å². The Morgan fingerprint density at radius 3 is 2.67 bits per heavy atom. The van der Waals surface area contributed by atoms with Crippen molar-refractivity contribution in [2.75, 3.05) is 11.4 Å². The van der Waals surface area contributed by atoms with Crippen LogP contribution in [0.25, 0.3) is 0 Å². The summed E-state index contributed by atoms with van der Waals surface area (Å²) in [6, 6.07) is 0. The Labute approximate surface area is 130 Å². The lowest BCUT2D eigenvalue weighted by Crippen LogP contribution is -2.35. The molecule has 0 atom stereocenters. The predicted molar refractivity (Wildman–Crippen MR) is 83.8 cm³/mol. The van der Waals surface area contributed by atoms with E-state index >= 15 is 0 Å². The van der Waals surface area contributed by atoms with Crippen molar-refractivity contribution in [1.29, 1.82) is 0 Å². The SMILES string of the molecule is Cc1c(Cl)nc(C(C)(C)C)nc1N1CCn2ccnc2C1. The van der Waals surface area contributed by atoms with E-state index in [2.05, 4.69) is 40.2 Å². The zero-order valence-corrected chi connectivity index (χ0v) is 13.6. The number of rotatable bonds is 1. The van der Waals surface area contributed by atoms with E-state index in [0.29, 0.717) is 5.15 Å². The molecule has 21 heavy (non-hydrogen) atoms. The van der Waals surface area contributed by atoms with Gasteiger partial charge in [-0.1, -0.05) is 32.4 Å². The van der Waals surface area contributed by atoms with E-state index in [1.807, 2.05) is 19.3 Å². The Kier molecular flexibility index (Phi) is 3.40. The maximum absolute atomic E-state index is 6.32. The summed E-state index contributed by atoms with van der Waals surface area (Å²) in [5.41, 5.74) is 0.810. The minimum absolute atomic E-state index is 0.125. The van der Waals surface area contributed by atoms with Crippen LogP contribution >= 0.6 is 11.6 Å². The van der Waals surface area contributed by atoms with Gasteiger partial charge in [0.05, 0.1) is 6.54 Å². The third-order valence-electron chi connectivity index (χ3n) is 3.78. The minimum Gasteiger partial charge on any atom is -0.347 e. The molecule has 0 amide bonds. The van der Waals surface area contributed by atoms with Gasteiger partial charge in [0.25, 0.3) is 0 Å². The molecule has 1 aliphatic heterocycles. The zero-order valence-electron chi connectivity index (χ0n) is 12.9. The van der Waals surface area contributed by atoms with Gasteiger partial charge in [0.1, 0.15) is 22.6 Å². The first kappa shape index (κ1) is 14.3. The first-order valence-corrected chi connectivity index (χ1v) is 7.53. The summed E-state index contributed by atoms with van der Waals surface area (Å²) in [5, 5.41) is 0.541. The van der Waals surface area contributed by atoms with Gasteiger partial charge in [-0.05, 0) is 6.92 Å². The van der Waals surface area contributed by atoms with Gasteiger partial charge in [0, 0.05) is 36.5 Å². The molecule has 2 aromatic rings. The predicted octanol–water partition coefficient (Wildman–Crippen LogP) is 2.95. The molecule has 0 aromatic carbocycles. The number of hydrogen-bond acceptors (Lipinski definition) is 4. The molecule has 0 aliphatic carbocycles. The highest BCUT2D eigenvalue weighted by molar-refractivity contribution is 6.30. The number of imidazole rings is 1. The average molecular weight is 306 g/mol. The van der Waals surface area contributed by atoms with E-state index in [1.165, 1.54) is 0 Å². The van der Waals surface area contributed by atoms with E-state index in [0.717, 1.165) is 42.7 Å². The summed E-state index contributed by atoms with van der Waals surface area (Å²) in [5.74, 6) is 2.77. The van der Waals surface area contributed by atoms with Crippen LogP contribution in [0.15, 0.2) is 12.4 Å². The van der Waals surface area contributed by atoms with Gasteiger partial charge >= 0.3 is 0 Å². The van der Waals surface area contributed by atoms with Crippen molar-refractivity contribution >= 4 is 17.4 Å². The van der Waals surface area contributed by atoms with Crippen molar-refractivity contribution in [3.05, 3.63) is 34.8 Å². The fourth-order valence-electron chi connectivity index (χ4n) is 2.48. The largest absolute Gasteiger partial charge is 0.347 e. The first-order valence-electron chi connectivity index (χ1n) is 7.16. The molecule has 0 bridgehead atoms. The highest BCUT2D eigenvalue weighted by Gasteiger charge is 2.25. The second kappa shape index (κ2) is 4.98. The van der Waals surface area contributed by atoms with Crippen LogP contribution in [-0.4, -0.2) is 26.1 Å². The Morgan fingerprint density at radius 2 is 1.95 bits per heavy atom. The van der Waals surface area contributed by atoms with Crippen LogP contribution in [0, 0.1) is 6.92 Å². The smallest absolute Gasteiger partial charge is 0.137 e. The normalized spacial score (nSPS) is 15.2. The first-order chi connectivity index (χ1) is 9.86. The number of halogens is 1. The van der Waals surface area contributed by atoms with Gasteiger partial charge in [-0.2, -0.15) is 0 Å². The monoisotopic (exact) mass is 305 g/mol. The molecule has 0 fully saturated rings. The molecule has 2 aromatic heterocycles. The highest BCUT2D eigenvalue weighted by atomic mass is 35.5. The number of aromatic nitrogens is 4. The van der Waals surface area contributed by atoms with Gasteiger partial charge in [-0.15, -0.1) is 0 Å². The Hall–Kier alpha value is -1.62. The van der Waals surface area contributed by atoms with Gasteiger partial charge in [-0.25, -0.2) is 15.0 Å². The molecule has 5 nitrogen and oxygen atoms in total. The lowest BCUT2D eigenvalue weighted by atomic mass is 9.95. The summed E-state index contributed by atoms with van der Waals surface area (Å²) in [4.78, 5) is 15.9. The Balaban J connectivity index is 2.01. The second-order valence-corrected chi connectivity index (χ2v) is 6.85. The molecule has 0 saturated carbocycles. The number of fused-ring (bicyclic) bond motifs is 1. The van der Waals surface area contributed by atoms with Crippen LogP contribution < -0.4 is 4.90 Å². The maximum Gasteiger partial charge on any atom is 0.137 e. The molecular formula is C15H20ClN5. The van der Waals surface area contributed by atoms with Crippen molar-refractivity contribution < 1.29 is 0 Å². The summed E-state index contributed by atoms with van der Waals surface area (Å²) in [6.45, 7) is 10.8. The van der Waals surface area contributed by atoms with Crippen molar-refractivity contribution in [3.63, 3.8) is 0 Å². The average Bonchev–Trinajstić information content (AvgIpc) is 2.87. The van der Waals surface area contributed by atoms with Crippen molar-refractivity contribution in [3.8, 4) is 0 Å². The molecule has 0 spiro atoms. The number of hydrogen-bond donors (Lipinski definition) is 0. The van der Waals surface area contributed by atoms with Gasteiger partial charge in [0.15, 0.2) is 0 Å². The van der Waals surface area contributed by atoms with E-state index in [1.54, 1.807) is 0 Å². The quantitative estimate of drug-likeness (QED) is 0.760. The van der Waals surface area contributed by atoms with E-state index in [9.17, 15) is 0 Å². The standard InChI is InChI=1S/C15H20ClN5/c1-10-12(16)18-14(15(2,3)4)19-13(10)21-8-7-20-6-5-17-11(20)9-21/h5-6H,7-9H2,1-4H3.